The number of pyridine rings is 1. The van der Waals surface area contributed by atoms with Crippen molar-refractivity contribution in [1.82, 2.24) is 4.98 Å². The van der Waals surface area contributed by atoms with E-state index in [1.807, 2.05) is 0 Å². The molecule has 7 heteroatoms. The number of halogens is 1. The number of methoxy groups -OCH3 is 1. The van der Waals surface area contributed by atoms with Crippen LogP contribution < -0.4 is 10.7 Å². The van der Waals surface area contributed by atoms with Gasteiger partial charge in [0, 0.05) is 24.1 Å². The molecule has 0 radical (unpaired) electrons. The number of nitrogens with one attached hydrogen (secondary N) is 2. The third kappa shape index (κ3) is 3.14. The summed E-state index contributed by atoms with van der Waals surface area (Å²) >= 11 is 0. The highest BCUT2D eigenvalue weighted by Crippen LogP contribution is 2.16. The number of aromatic amines is 1. The van der Waals surface area contributed by atoms with E-state index in [1.165, 1.54) is 24.5 Å². The Labute approximate surface area is 118 Å². The molecule has 0 saturated carbocycles. The Balaban J connectivity index is 2.28. The molecule has 0 spiro atoms. The number of anilines is 1. The van der Waals surface area contributed by atoms with Crippen molar-refractivity contribution in [3.05, 3.63) is 63.8 Å². The number of rotatable bonds is 3. The van der Waals surface area contributed by atoms with Crippen LogP contribution in [0.5, 0.6) is 0 Å². The summed E-state index contributed by atoms with van der Waals surface area (Å²) in [4.78, 5) is 37.4. The minimum absolute atomic E-state index is 0.0959. The first-order valence-electron chi connectivity index (χ1n) is 5.89. The van der Waals surface area contributed by atoms with Crippen molar-refractivity contribution in [2.75, 3.05) is 12.4 Å². The van der Waals surface area contributed by atoms with Crippen LogP contribution in [0.15, 0.2) is 41.5 Å². The topological polar surface area (TPSA) is 88.3 Å². The molecule has 1 aromatic heterocycles. The molecule has 1 heterocycles. The zero-order valence-corrected chi connectivity index (χ0v) is 11.0. The van der Waals surface area contributed by atoms with E-state index in [0.717, 1.165) is 19.2 Å². The maximum absolute atomic E-state index is 13.5. The predicted octanol–water partition coefficient (Wildman–Crippen LogP) is 1.55. The van der Waals surface area contributed by atoms with Gasteiger partial charge in [-0.25, -0.2) is 9.18 Å². The van der Waals surface area contributed by atoms with E-state index in [1.54, 1.807) is 0 Å². The lowest BCUT2D eigenvalue weighted by atomic mass is 10.1. The Bertz CT molecular complexity index is 755. The van der Waals surface area contributed by atoms with Crippen LogP contribution in [-0.2, 0) is 4.74 Å². The molecule has 108 valence electrons. The number of ether oxygens (including phenoxy) is 1. The number of aromatic nitrogens is 1. The van der Waals surface area contributed by atoms with Gasteiger partial charge in [0.25, 0.3) is 5.91 Å². The van der Waals surface area contributed by atoms with Crippen molar-refractivity contribution in [3.8, 4) is 0 Å². The summed E-state index contributed by atoms with van der Waals surface area (Å²) in [5.41, 5.74) is -0.690. The molecule has 0 aliphatic carbocycles. The molecular formula is C14H11FN2O4. The van der Waals surface area contributed by atoms with Gasteiger partial charge in [0.15, 0.2) is 5.43 Å². The Hall–Kier alpha value is -2.96. The summed E-state index contributed by atoms with van der Waals surface area (Å²) in [7, 11) is 1.12. The molecule has 2 rings (SSSR count). The van der Waals surface area contributed by atoms with Crippen LogP contribution >= 0.6 is 0 Å². The first kappa shape index (κ1) is 14.4. The summed E-state index contributed by atoms with van der Waals surface area (Å²) in [6, 6.07) is 4.64. The first-order chi connectivity index (χ1) is 10.0. The van der Waals surface area contributed by atoms with E-state index >= 15 is 0 Å². The first-order valence-corrected chi connectivity index (χ1v) is 5.89. The molecule has 0 bridgehead atoms. The van der Waals surface area contributed by atoms with Crippen molar-refractivity contribution < 1.29 is 18.7 Å². The van der Waals surface area contributed by atoms with Gasteiger partial charge >= 0.3 is 5.97 Å². The molecule has 2 aromatic rings. The van der Waals surface area contributed by atoms with E-state index in [-0.39, 0.29) is 16.8 Å². The van der Waals surface area contributed by atoms with Gasteiger partial charge in [0.2, 0.25) is 0 Å². The largest absolute Gasteiger partial charge is 0.465 e. The van der Waals surface area contributed by atoms with E-state index in [9.17, 15) is 18.8 Å². The number of amides is 1. The fourth-order valence-electron chi connectivity index (χ4n) is 1.66. The monoisotopic (exact) mass is 290 g/mol. The SMILES string of the molecule is COC(=O)c1cc(NC(=O)c2c[nH]ccc2=O)ccc1F. The van der Waals surface area contributed by atoms with Crippen LogP contribution in [0, 0.1) is 5.82 Å². The lowest BCUT2D eigenvalue weighted by Gasteiger charge is -2.07. The Kier molecular flexibility index (Phi) is 4.13. The van der Waals surface area contributed by atoms with Gasteiger partial charge in [-0.1, -0.05) is 0 Å². The number of carbonyl (C=O) groups is 2. The highest BCUT2D eigenvalue weighted by molar-refractivity contribution is 6.04. The average molecular weight is 290 g/mol. The second kappa shape index (κ2) is 6.00. The summed E-state index contributed by atoms with van der Waals surface area (Å²) < 4.78 is 17.9. The van der Waals surface area contributed by atoms with Crippen LogP contribution in [0.2, 0.25) is 0 Å². The van der Waals surface area contributed by atoms with Gasteiger partial charge in [0.1, 0.15) is 11.4 Å². The van der Waals surface area contributed by atoms with Crippen molar-refractivity contribution in [1.29, 1.82) is 0 Å². The number of hydrogen-bond acceptors (Lipinski definition) is 4. The highest BCUT2D eigenvalue weighted by atomic mass is 19.1. The molecule has 0 fully saturated rings. The summed E-state index contributed by atoms with van der Waals surface area (Å²) in [5.74, 6) is -2.29. The number of H-pyrrole nitrogens is 1. The van der Waals surface area contributed by atoms with Gasteiger partial charge in [0.05, 0.1) is 12.7 Å². The number of benzene rings is 1. The highest BCUT2D eigenvalue weighted by Gasteiger charge is 2.15. The quantitative estimate of drug-likeness (QED) is 0.839. The Morgan fingerprint density at radius 3 is 2.67 bits per heavy atom. The molecule has 1 aromatic carbocycles. The standard InChI is InChI=1S/C14H11FN2O4/c1-21-14(20)9-6-8(2-3-11(9)15)17-13(19)10-7-16-5-4-12(10)18/h2-7H,1H3,(H,16,18)(H,17,19). The Morgan fingerprint density at radius 2 is 2.00 bits per heavy atom. The molecule has 0 aliphatic heterocycles. The smallest absolute Gasteiger partial charge is 0.340 e. The van der Waals surface area contributed by atoms with E-state index in [4.69, 9.17) is 0 Å². The van der Waals surface area contributed by atoms with Gasteiger partial charge in [-0.05, 0) is 18.2 Å². The molecule has 21 heavy (non-hydrogen) atoms. The van der Waals surface area contributed by atoms with Crippen molar-refractivity contribution in [2.24, 2.45) is 0 Å². The lowest BCUT2D eigenvalue weighted by molar-refractivity contribution is 0.0595. The summed E-state index contributed by atoms with van der Waals surface area (Å²) in [6.07, 6.45) is 2.65. The lowest BCUT2D eigenvalue weighted by Crippen LogP contribution is -2.21. The van der Waals surface area contributed by atoms with Crippen molar-refractivity contribution in [3.63, 3.8) is 0 Å². The third-order valence-corrected chi connectivity index (χ3v) is 2.70. The van der Waals surface area contributed by atoms with Crippen LogP contribution in [0.3, 0.4) is 0 Å². The summed E-state index contributed by atoms with van der Waals surface area (Å²) in [5, 5.41) is 2.41. The van der Waals surface area contributed by atoms with Crippen LogP contribution in [0.1, 0.15) is 20.7 Å². The van der Waals surface area contributed by atoms with Gasteiger partial charge in [-0.15, -0.1) is 0 Å². The molecule has 0 aliphatic rings. The predicted molar refractivity (Wildman–Crippen MR) is 72.8 cm³/mol. The third-order valence-electron chi connectivity index (χ3n) is 2.70. The van der Waals surface area contributed by atoms with Crippen molar-refractivity contribution >= 4 is 17.6 Å². The molecule has 6 nitrogen and oxygen atoms in total. The average Bonchev–Trinajstić information content (AvgIpc) is 2.48. The van der Waals surface area contributed by atoms with Gasteiger partial charge < -0.3 is 15.0 Å². The molecule has 1 amide bonds. The molecule has 0 saturated heterocycles. The van der Waals surface area contributed by atoms with Crippen LogP contribution in [0.4, 0.5) is 10.1 Å². The minimum Gasteiger partial charge on any atom is -0.465 e. The molecule has 2 N–H and O–H groups in total. The summed E-state index contributed by atoms with van der Waals surface area (Å²) in [6.45, 7) is 0. The number of hydrogen-bond donors (Lipinski definition) is 2. The van der Waals surface area contributed by atoms with E-state index in [2.05, 4.69) is 15.0 Å². The van der Waals surface area contributed by atoms with E-state index in [0.29, 0.717) is 0 Å². The van der Waals surface area contributed by atoms with Gasteiger partial charge in [-0.3, -0.25) is 9.59 Å². The minimum atomic E-state index is -0.860. The van der Waals surface area contributed by atoms with E-state index < -0.39 is 23.1 Å². The molecular weight excluding hydrogens is 279 g/mol. The second-order valence-corrected chi connectivity index (χ2v) is 4.06. The fourth-order valence-corrected chi connectivity index (χ4v) is 1.66. The zero-order chi connectivity index (χ0) is 15.4. The second-order valence-electron chi connectivity index (χ2n) is 4.06. The maximum Gasteiger partial charge on any atom is 0.340 e. The molecule has 0 atom stereocenters. The Morgan fingerprint density at radius 1 is 1.24 bits per heavy atom. The maximum atomic E-state index is 13.5. The molecule has 0 unspecified atom stereocenters. The fraction of sp³-hybridized carbons (Fsp3) is 0.0714. The van der Waals surface area contributed by atoms with Crippen LogP contribution in [0.25, 0.3) is 0 Å². The number of carbonyl (C=O) groups excluding carboxylic acids is 2. The number of esters is 1. The van der Waals surface area contributed by atoms with Crippen LogP contribution in [-0.4, -0.2) is 24.0 Å². The van der Waals surface area contributed by atoms with Gasteiger partial charge in [-0.2, -0.15) is 0 Å². The van der Waals surface area contributed by atoms with Crippen molar-refractivity contribution in [2.45, 2.75) is 0 Å². The normalized spacial score (nSPS) is 10.0. The zero-order valence-electron chi connectivity index (χ0n) is 11.0.